The highest BCUT2D eigenvalue weighted by atomic mass is 32.2. The summed E-state index contributed by atoms with van der Waals surface area (Å²) in [5, 5.41) is 13.5. The number of hydrogen-bond acceptors (Lipinski definition) is 5. The van der Waals surface area contributed by atoms with Gasteiger partial charge in [-0.1, -0.05) is 26.0 Å². The highest BCUT2D eigenvalue weighted by molar-refractivity contribution is 7.90. The maximum Gasteiger partial charge on any atom is 0.181 e. The molecule has 0 aliphatic rings. The maximum absolute atomic E-state index is 11.8. The second kappa shape index (κ2) is 4.49. The predicted octanol–water partition coefficient (Wildman–Crippen LogP) is 1.39. The Kier molecular flexibility index (Phi) is 3.16. The minimum atomic E-state index is -3.33. The van der Waals surface area contributed by atoms with E-state index >= 15 is 0 Å². The molecule has 18 heavy (non-hydrogen) atoms. The molecule has 2 rings (SSSR count). The molecule has 0 fully saturated rings. The lowest BCUT2D eigenvalue weighted by Gasteiger charge is -2.13. The summed E-state index contributed by atoms with van der Waals surface area (Å²) < 4.78 is 23.7. The van der Waals surface area contributed by atoms with Crippen LogP contribution in [0.5, 0.6) is 0 Å². The number of rotatable bonds is 3. The average Bonchev–Trinajstić information content (AvgIpc) is 2.79. The van der Waals surface area contributed by atoms with Crippen molar-refractivity contribution in [3.63, 3.8) is 0 Å². The van der Waals surface area contributed by atoms with Crippen molar-refractivity contribution in [1.82, 2.24) is 20.6 Å². The summed E-state index contributed by atoms with van der Waals surface area (Å²) >= 11 is 0. The molecule has 0 amide bonds. The number of tetrazole rings is 1. The first-order valence-corrected chi connectivity index (χ1v) is 7.37. The van der Waals surface area contributed by atoms with Crippen LogP contribution in [0.3, 0.4) is 0 Å². The van der Waals surface area contributed by atoms with Gasteiger partial charge >= 0.3 is 0 Å². The van der Waals surface area contributed by atoms with E-state index in [0.717, 1.165) is 5.56 Å². The van der Waals surface area contributed by atoms with E-state index in [1.54, 1.807) is 12.1 Å². The molecule has 1 N–H and O–H groups in total. The minimum absolute atomic E-state index is 0.173. The van der Waals surface area contributed by atoms with Crippen molar-refractivity contribution in [2.24, 2.45) is 0 Å². The van der Waals surface area contributed by atoms with Gasteiger partial charge in [-0.2, -0.15) is 0 Å². The van der Waals surface area contributed by atoms with E-state index in [-0.39, 0.29) is 10.8 Å². The first-order chi connectivity index (χ1) is 8.41. The Morgan fingerprint density at radius 2 is 2.00 bits per heavy atom. The first kappa shape index (κ1) is 12.7. The monoisotopic (exact) mass is 266 g/mol. The van der Waals surface area contributed by atoms with Gasteiger partial charge in [-0.25, -0.2) is 13.5 Å². The molecule has 1 heterocycles. The normalized spacial score (nSPS) is 12.0. The molecule has 0 aliphatic heterocycles. The van der Waals surface area contributed by atoms with Crippen LogP contribution in [0.4, 0.5) is 0 Å². The minimum Gasteiger partial charge on any atom is -0.239 e. The fourth-order valence-electron chi connectivity index (χ4n) is 1.86. The number of H-pyrrole nitrogens is 1. The zero-order valence-electron chi connectivity index (χ0n) is 10.4. The highest BCUT2D eigenvalue weighted by Gasteiger charge is 2.21. The van der Waals surface area contributed by atoms with Crippen molar-refractivity contribution >= 4 is 9.84 Å². The van der Waals surface area contributed by atoms with Crippen molar-refractivity contribution in [2.75, 3.05) is 6.26 Å². The van der Waals surface area contributed by atoms with Crippen LogP contribution in [0.1, 0.15) is 25.3 Å². The van der Waals surface area contributed by atoms with Crippen LogP contribution in [0.15, 0.2) is 23.1 Å². The molecule has 7 heteroatoms. The molecule has 0 bridgehead atoms. The summed E-state index contributed by atoms with van der Waals surface area (Å²) in [7, 11) is -3.33. The van der Waals surface area contributed by atoms with Crippen LogP contribution in [0.25, 0.3) is 11.4 Å². The maximum atomic E-state index is 11.8. The lowest BCUT2D eigenvalue weighted by Crippen LogP contribution is -2.04. The summed E-state index contributed by atoms with van der Waals surface area (Å²) in [5.41, 5.74) is 1.46. The van der Waals surface area contributed by atoms with Crippen molar-refractivity contribution in [2.45, 2.75) is 24.7 Å². The van der Waals surface area contributed by atoms with Crippen LogP contribution < -0.4 is 0 Å². The highest BCUT2D eigenvalue weighted by Crippen LogP contribution is 2.32. The van der Waals surface area contributed by atoms with Gasteiger partial charge in [-0.3, -0.25) is 0 Å². The van der Waals surface area contributed by atoms with Crippen molar-refractivity contribution in [3.8, 4) is 11.4 Å². The number of sulfone groups is 1. The number of aromatic amines is 1. The number of hydrogen-bond donors (Lipinski definition) is 1. The van der Waals surface area contributed by atoms with Gasteiger partial charge in [-0.05, 0) is 28.0 Å². The first-order valence-electron chi connectivity index (χ1n) is 5.48. The van der Waals surface area contributed by atoms with Crippen molar-refractivity contribution in [1.29, 1.82) is 0 Å². The Morgan fingerprint density at radius 3 is 2.50 bits per heavy atom. The van der Waals surface area contributed by atoms with Gasteiger partial charge < -0.3 is 0 Å². The molecule has 2 aromatic rings. The van der Waals surface area contributed by atoms with Gasteiger partial charge in [0.2, 0.25) is 0 Å². The lowest BCUT2D eigenvalue weighted by molar-refractivity contribution is 0.602. The Hall–Kier alpha value is -1.76. The Morgan fingerprint density at radius 1 is 1.28 bits per heavy atom. The van der Waals surface area contributed by atoms with Crippen LogP contribution in [-0.4, -0.2) is 35.3 Å². The standard InChI is InChI=1S/C11H14N4O2S/c1-7(2)8-5-4-6-9(18(3,16)17)10(8)11-12-14-15-13-11/h4-7H,1-3H3,(H,12,13,14,15). The summed E-state index contributed by atoms with van der Waals surface area (Å²) in [6, 6.07) is 5.19. The molecule has 96 valence electrons. The molecule has 6 nitrogen and oxygen atoms in total. The molecule has 1 aromatic heterocycles. The fourth-order valence-corrected chi connectivity index (χ4v) is 2.77. The van der Waals surface area contributed by atoms with Crippen molar-refractivity contribution in [3.05, 3.63) is 23.8 Å². The zero-order valence-corrected chi connectivity index (χ0v) is 11.2. The van der Waals surface area contributed by atoms with Gasteiger partial charge in [0.1, 0.15) is 0 Å². The average molecular weight is 266 g/mol. The van der Waals surface area contributed by atoms with Gasteiger partial charge in [0.05, 0.1) is 4.90 Å². The molecular formula is C11H14N4O2S. The molecule has 1 aromatic carbocycles. The van der Waals surface area contributed by atoms with Crippen LogP contribution in [-0.2, 0) is 9.84 Å². The smallest absolute Gasteiger partial charge is 0.181 e. The Bertz CT molecular complexity index is 648. The molecular weight excluding hydrogens is 252 g/mol. The van der Waals surface area contributed by atoms with Gasteiger partial charge in [0.15, 0.2) is 15.7 Å². The van der Waals surface area contributed by atoms with E-state index in [1.165, 1.54) is 6.26 Å². The second-order valence-corrected chi connectivity index (χ2v) is 6.38. The second-order valence-electron chi connectivity index (χ2n) is 4.40. The molecule has 0 aliphatic carbocycles. The molecule has 0 atom stereocenters. The molecule has 0 saturated heterocycles. The third kappa shape index (κ3) is 2.26. The van der Waals surface area contributed by atoms with Gasteiger partial charge in [0.25, 0.3) is 0 Å². The largest absolute Gasteiger partial charge is 0.239 e. The van der Waals surface area contributed by atoms with E-state index in [4.69, 9.17) is 0 Å². The van der Waals surface area contributed by atoms with Gasteiger partial charge in [-0.15, -0.1) is 5.10 Å². The number of aromatic nitrogens is 4. The quantitative estimate of drug-likeness (QED) is 0.907. The SMILES string of the molecule is CC(C)c1cccc(S(C)(=O)=O)c1-c1nnn[nH]1. The Labute approximate surface area is 105 Å². The third-order valence-corrected chi connectivity index (χ3v) is 3.80. The zero-order chi connectivity index (χ0) is 13.3. The summed E-state index contributed by atoms with van der Waals surface area (Å²) in [4.78, 5) is 0.243. The third-order valence-electron chi connectivity index (χ3n) is 2.66. The van der Waals surface area contributed by atoms with E-state index in [2.05, 4.69) is 20.6 Å². The predicted molar refractivity (Wildman–Crippen MR) is 66.8 cm³/mol. The van der Waals surface area contributed by atoms with E-state index in [9.17, 15) is 8.42 Å². The summed E-state index contributed by atoms with van der Waals surface area (Å²) in [5.74, 6) is 0.548. The number of benzene rings is 1. The topological polar surface area (TPSA) is 88.6 Å². The summed E-state index contributed by atoms with van der Waals surface area (Å²) in [6.07, 6.45) is 1.18. The Balaban J connectivity index is 2.81. The summed E-state index contributed by atoms with van der Waals surface area (Å²) in [6.45, 7) is 3.99. The van der Waals surface area contributed by atoms with Crippen LogP contribution >= 0.6 is 0 Å². The van der Waals surface area contributed by atoms with Crippen LogP contribution in [0.2, 0.25) is 0 Å². The molecule has 0 saturated carbocycles. The number of nitrogens with one attached hydrogen (secondary N) is 1. The van der Waals surface area contributed by atoms with Crippen molar-refractivity contribution < 1.29 is 8.42 Å². The van der Waals surface area contributed by atoms with E-state index < -0.39 is 9.84 Å². The molecule has 0 spiro atoms. The number of nitrogens with zero attached hydrogens (tertiary/aromatic N) is 3. The molecule has 0 unspecified atom stereocenters. The molecule has 0 radical (unpaired) electrons. The van der Waals surface area contributed by atoms with E-state index in [0.29, 0.717) is 11.4 Å². The van der Waals surface area contributed by atoms with Gasteiger partial charge in [0, 0.05) is 11.8 Å². The lowest BCUT2D eigenvalue weighted by atomic mass is 9.97. The van der Waals surface area contributed by atoms with Crippen LogP contribution in [0, 0.1) is 0 Å². The fraction of sp³-hybridized carbons (Fsp3) is 0.364. The van der Waals surface area contributed by atoms with E-state index in [1.807, 2.05) is 19.9 Å².